The van der Waals surface area contributed by atoms with Crippen LogP contribution in [0.1, 0.15) is 10.4 Å². The highest BCUT2D eigenvalue weighted by atomic mass is 19.2. The fourth-order valence-electron chi connectivity index (χ4n) is 2.82. The van der Waals surface area contributed by atoms with E-state index in [-0.39, 0.29) is 0 Å². The van der Waals surface area contributed by atoms with Crippen molar-refractivity contribution < 1.29 is 22.7 Å². The number of hydrogen-bond donors (Lipinski definition) is 0. The van der Waals surface area contributed by atoms with Crippen LogP contribution in [0.15, 0.2) is 36.4 Å². The largest absolute Gasteiger partial charge is 0.497 e. The summed E-state index contributed by atoms with van der Waals surface area (Å²) in [6, 6.07) is 9.29. The number of carbonyl (C=O) groups is 1. The molecule has 1 aliphatic rings. The second-order valence-electron chi connectivity index (χ2n) is 5.70. The van der Waals surface area contributed by atoms with Crippen molar-refractivity contribution in [2.75, 3.05) is 38.2 Å². The zero-order valence-corrected chi connectivity index (χ0v) is 13.6. The first-order chi connectivity index (χ1) is 12.0. The second kappa shape index (κ2) is 7.04. The Morgan fingerprint density at radius 1 is 0.920 bits per heavy atom. The number of benzene rings is 2. The summed E-state index contributed by atoms with van der Waals surface area (Å²) in [5.41, 5.74) is 0.545. The highest BCUT2D eigenvalue weighted by Gasteiger charge is 2.26. The standard InChI is InChI=1S/C18H17F3N2O2/c1-25-13-4-2-12(3-5-13)22-8-10-23(11-9-22)18(24)14-6-7-15(19)17(21)16(14)20/h2-7H,8-11H2,1H3. The molecule has 1 aliphatic heterocycles. The molecular formula is C18H17F3N2O2. The summed E-state index contributed by atoms with van der Waals surface area (Å²) in [4.78, 5) is 15.9. The second-order valence-corrected chi connectivity index (χ2v) is 5.70. The minimum atomic E-state index is -1.62. The lowest BCUT2D eigenvalue weighted by molar-refractivity contribution is 0.0740. The quantitative estimate of drug-likeness (QED) is 0.798. The maximum absolute atomic E-state index is 13.8. The molecule has 1 saturated heterocycles. The maximum atomic E-state index is 13.8. The van der Waals surface area contributed by atoms with Crippen molar-refractivity contribution in [1.82, 2.24) is 4.90 Å². The van der Waals surface area contributed by atoms with Gasteiger partial charge in [0.15, 0.2) is 17.5 Å². The van der Waals surface area contributed by atoms with Crippen LogP contribution in [-0.2, 0) is 0 Å². The van der Waals surface area contributed by atoms with Gasteiger partial charge in [-0.15, -0.1) is 0 Å². The van der Waals surface area contributed by atoms with E-state index in [2.05, 4.69) is 4.90 Å². The van der Waals surface area contributed by atoms with Crippen molar-refractivity contribution in [3.05, 3.63) is 59.4 Å². The summed E-state index contributed by atoms with van der Waals surface area (Å²) in [5.74, 6) is -4.25. The summed E-state index contributed by atoms with van der Waals surface area (Å²) in [6.07, 6.45) is 0. The highest BCUT2D eigenvalue weighted by Crippen LogP contribution is 2.22. The van der Waals surface area contributed by atoms with Gasteiger partial charge in [0, 0.05) is 31.9 Å². The number of anilines is 1. The summed E-state index contributed by atoms with van der Waals surface area (Å²) in [6.45, 7) is 1.85. The molecule has 7 heteroatoms. The van der Waals surface area contributed by atoms with Gasteiger partial charge in [0.25, 0.3) is 5.91 Å². The van der Waals surface area contributed by atoms with Crippen LogP contribution in [-0.4, -0.2) is 44.1 Å². The number of piperazine rings is 1. The van der Waals surface area contributed by atoms with E-state index in [0.717, 1.165) is 23.6 Å². The van der Waals surface area contributed by atoms with Gasteiger partial charge in [0.1, 0.15) is 5.75 Å². The third kappa shape index (κ3) is 3.40. The van der Waals surface area contributed by atoms with Crippen LogP contribution < -0.4 is 9.64 Å². The van der Waals surface area contributed by atoms with Crippen LogP contribution in [0.2, 0.25) is 0 Å². The predicted octanol–water partition coefficient (Wildman–Crippen LogP) is 3.07. The Morgan fingerprint density at radius 3 is 2.16 bits per heavy atom. The van der Waals surface area contributed by atoms with Gasteiger partial charge < -0.3 is 14.5 Å². The van der Waals surface area contributed by atoms with Gasteiger partial charge in [0.05, 0.1) is 12.7 Å². The van der Waals surface area contributed by atoms with E-state index < -0.39 is 28.9 Å². The Hall–Kier alpha value is -2.70. The van der Waals surface area contributed by atoms with Crippen molar-refractivity contribution in [3.8, 4) is 5.75 Å². The summed E-state index contributed by atoms with van der Waals surface area (Å²) >= 11 is 0. The number of ether oxygens (including phenoxy) is 1. The van der Waals surface area contributed by atoms with Gasteiger partial charge in [0.2, 0.25) is 0 Å². The first-order valence-electron chi connectivity index (χ1n) is 7.83. The number of nitrogens with zero attached hydrogens (tertiary/aromatic N) is 2. The zero-order chi connectivity index (χ0) is 18.0. The highest BCUT2D eigenvalue weighted by molar-refractivity contribution is 5.94. The SMILES string of the molecule is COc1ccc(N2CCN(C(=O)c3ccc(F)c(F)c3F)CC2)cc1. The number of hydrogen-bond acceptors (Lipinski definition) is 3. The Labute approximate surface area is 143 Å². The molecule has 0 radical (unpaired) electrons. The van der Waals surface area contributed by atoms with Crippen molar-refractivity contribution >= 4 is 11.6 Å². The molecule has 0 unspecified atom stereocenters. The van der Waals surface area contributed by atoms with E-state index in [0.29, 0.717) is 26.2 Å². The molecule has 0 atom stereocenters. The molecule has 0 aliphatic carbocycles. The number of carbonyl (C=O) groups excluding carboxylic acids is 1. The van der Waals surface area contributed by atoms with E-state index in [1.54, 1.807) is 7.11 Å². The number of rotatable bonds is 3. The molecule has 0 N–H and O–H groups in total. The molecule has 4 nitrogen and oxygen atoms in total. The van der Waals surface area contributed by atoms with E-state index >= 15 is 0 Å². The normalized spacial score (nSPS) is 14.6. The number of halogens is 3. The molecule has 0 aromatic heterocycles. The van der Waals surface area contributed by atoms with Crippen LogP contribution in [0.3, 0.4) is 0 Å². The molecule has 0 saturated carbocycles. The summed E-state index contributed by atoms with van der Waals surface area (Å²) in [5, 5.41) is 0. The van der Waals surface area contributed by atoms with Crippen molar-refractivity contribution in [1.29, 1.82) is 0 Å². The molecule has 25 heavy (non-hydrogen) atoms. The minimum absolute atomic E-state index is 0.364. The van der Waals surface area contributed by atoms with Gasteiger partial charge in [-0.25, -0.2) is 13.2 Å². The molecule has 3 rings (SSSR count). The Kier molecular flexibility index (Phi) is 4.83. The van der Waals surface area contributed by atoms with Crippen LogP contribution in [0, 0.1) is 17.5 Å². The van der Waals surface area contributed by atoms with Crippen LogP contribution in [0.5, 0.6) is 5.75 Å². The van der Waals surface area contributed by atoms with E-state index in [4.69, 9.17) is 4.74 Å². The average molecular weight is 350 g/mol. The zero-order valence-electron chi connectivity index (χ0n) is 13.6. The lowest BCUT2D eigenvalue weighted by atomic mass is 10.1. The summed E-state index contributed by atoms with van der Waals surface area (Å²) in [7, 11) is 1.59. The van der Waals surface area contributed by atoms with Gasteiger partial charge >= 0.3 is 0 Å². The lowest BCUT2D eigenvalue weighted by Gasteiger charge is -2.36. The molecular weight excluding hydrogens is 333 g/mol. The Bertz CT molecular complexity index is 773. The first-order valence-corrected chi connectivity index (χ1v) is 7.83. The van der Waals surface area contributed by atoms with Crippen LogP contribution in [0.4, 0.5) is 18.9 Å². The Balaban J connectivity index is 1.67. The predicted molar refractivity (Wildman–Crippen MR) is 87.4 cm³/mol. The first kappa shape index (κ1) is 17.1. The topological polar surface area (TPSA) is 32.8 Å². The smallest absolute Gasteiger partial charge is 0.257 e. The number of methoxy groups -OCH3 is 1. The third-order valence-corrected chi connectivity index (χ3v) is 4.27. The van der Waals surface area contributed by atoms with E-state index in [9.17, 15) is 18.0 Å². The van der Waals surface area contributed by atoms with Gasteiger partial charge in [-0.3, -0.25) is 4.79 Å². The van der Waals surface area contributed by atoms with Crippen molar-refractivity contribution in [2.24, 2.45) is 0 Å². The summed E-state index contributed by atoms with van der Waals surface area (Å²) < 4.78 is 45.2. The lowest BCUT2D eigenvalue weighted by Crippen LogP contribution is -2.49. The van der Waals surface area contributed by atoms with Gasteiger partial charge in [-0.05, 0) is 36.4 Å². The van der Waals surface area contributed by atoms with E-state index in [1.165, 1.54) is 4.90 Å². The molecule has 1 fully saturated rings. The fourth-order valence-corrected chi connectivity index (χ4v) is 2.82. The number of amides is 1. The van der Waals surface area contributed by atoms with Gasteiger partial charge in [-0.1, -0.05) is 0 Å². The minimum Gasteiger partial charge on any atom is -0.497 e. The molecule has 2 aromatic carbocycles. The molecule has 1 heterocycles. The molecule has 1 amide bonds. The molecule has 0 bridgehead atoms. The molecule has 0 spiro atoms. The van der Waals surface area contributed by atoms with Crippen molar-refractivity contribution in [3.63, 3.8) is 0 Å². The fraction of sp³-hybridized carbons (Fsp3) is 0.278. The van der Waals surface area contributed by atoms with Crippen LogP contribution >= 0.6 is 0 Å². The maximum Gasteiger partial charge on any atom is 0.257 e. The average Bonchev–Trinajstić information content (AvgIpc) is 2.66. The molecule has 132 valence electrons. The van der Waals surface area contributed by atoms with Crippen molar-refractivity contribution in [2.45, 2.75) is 0 Å². The third-order valence-electron chi connectivity index (χ3n) is 4.27. The molecule has 2 aromatic rings. The van der Waals surface area contributed by atoms with Gasteiger partial charge in [-0.2, -0.15) is 0 Å². The van der Waals surface area contributed by atoms with Crippen LogP contribution in [0.25, 0.3) is 0 Å². The monoisotopic (exact) mass is 350 g/mol. The Morgan fingerprint density at radius 2 is 1.56 bits per heavy atom. The van der Waals surface area contributed by atoms with E-state index in [1.807, 2.05) is 24.3 Å².